The third-order valence-corrected chi connectivity index (χ3v) is 3.12. The fourth-order valence-electron chi connectivity index (χ4n) is 2.23. The van der Waals surface area contributed by atoms with Crippen LogP contribution in [0, 0.1) is 0 Å². The number of nitrogens with one attached hydrogen (secondary N) is 1. The van der Waals surface area contributed by atoms with Crippen LogP contribution in [-0.2, 0) is 5.41 Å². The van der Waals surface area contributed by atoms with Gasteiger partial charge in [0.05, 0.1) is 0 Å². The highest BCUT2D eigenvalue weighted by Crippen LogP contribution is 2.36. The minimum absolute atomic E-state index is 0.0920. The van der Waals surface area contributed by atoms with Crippen molar-refractivity contribution in [3.8, 4) is 0 Å². The molecule has 1 saturated carbocycles. The van der Waals surface area contributed by atoms with Crippen molar-refractivity contribution < 1.29 is 0 Å². The van der Waals surface area contributed by atoms with Crippen LogP contribution in [0.25, 0.3) is 0 Å². The number of aromatic nitrogens is 3. The Balaban J connectivity index is 2.23. The lowest BCUT2D eigenvalue weighted by Crippen LogP contribution is -2.38. The molecule has 0 radical (unpaired) electrons. The van der Waals surface area contributed by atoms with Crippen molar-refractivity contribution in [3.05, 3.63) is 12.2 Å². The molecular weight excluding hydrogens is 164 g/mol. The molecule has 0 atom stereocenters. The maximum Gasteiger partial charge on any atom is 0.137 e. The van der Waals surface area contributed by atoms with Gasteiger partial charge in [-0.3, -0.25) is 5.10 Å². The van der Waals surface area contributed by atoms with Crippen LogP contribution in [0.4, 0.5) is 0 Å². The van der Waals surface area contributed by atoms with Gasteiger partial charge in [-0.15, -0.1) is 0 Å². The Kier molecular flexibility index (Phi) is 2.31. The van der Waals surface area contributed by atoms with Gasteiger partial charge in [-0.05, 0) is 12.8 Å². The summed E-state index contributed by atoms with van der Waals surface area (Å²) in [6.07, 6.45) is 7.73. The van der Waals surface area contributed by atoms with Gasteiger partial charge >= 0.3 is 0 Å². The van der Waals surface area contributed by atoms with Crippen LogP contribution in [-0.4, -0.2) is 21.7 Å². The van der Waals surface area contributed by atoms with E-state index in [-0.39, 0.29) is 5.41 Å². The lowest BCUT2D eigenvalue weighted by Gasteiger charge is -2.33. The van der Waals surface area contributed by atoms with Gasteiger partial charge in [-0.1, -0.05) is 19.3 Å². The van der Waals surface area contributed by atoms with Gasteiger partial charge in [0.15, 0.2) is 0 Å². The zero-order valence-electron chi connectivity index (χ0n) is 7.79. The van der Waals surface area contributed by atoms with Crippen molar-refractivity contribution in [2.24, 2.45) is 5.73 Å². The van der Waals surface area contributed by atoms with Crippen LogP contribution in [0.2, 0.25) is 0 Å². The molecule has 4 nitrogen and oxygen atoms in total. The molecule has 13 heavy (non-hydrogen) atoms. The molecule has 1 heterocycles. The number of nitrogens with zero attached hydrogens (tertiary/aromatic N) is 2. The van der Waals surface area contributed by atoms with Crippen molar-refractivity contribution in [2.45, 2.75) is 37.5 Å². The Bertz CT molecular complexity index is 249. The van der Waals surface area contributed by atoms with E-state index < -0.39 is 0 Å². The maximum atomic E-state index is 5.84. The molecule has 0 unspecified atom stereocenters. The summed E-state index contributed by atoms with van der Waals surface area (Å²) >= 11 is 0. The molecule has 1 aliphatic rings. The number of aromatic amines is 1. The van der Waals surface area contributed by atoms with Gasteiger partial charge in [0, 0.05) is 12.0 Å². The van der Waals surface area contributed by atoms with E-state index in [0.29, 0.717) is 6.54 Å². The van der Waals surface area contributed by atoms with Crippen LogP contribution >= 0.6 is 0 Å². The van der Waals surface area contributed by atoms with Crippen LogP contribution in [0.1, 0.15) is 37.9 Å². The summed E-state index contributed by atoms with van der Waals surface area (Å²) in [5.74, 6) is 0.981. The molecule has 4 heteroatoms. The summed E-state index contributed by atoms with van der Waals surface area (Å²) in [5.41, 5.74) is 5.93. The monoisotopic (exact) mass is 180 g/mol. The van der Waals surface area contributed by atoms with E-state index >= 15 is 0 Å². The molecule has 3 N–H and O–H groups in total. The first-order chi connectivity index (χ1) is 6.37. The first-order valence-electron chi connectivity index (χ1n) is 4.93. The first kappa shape index (κ1) is 8.69. The Morgan fingerprint density at radius 2 is 2.15 bits per heavy atom. The predicted molar refractivity (Wildman–Crippen MR) is 50.2 cm³/mol. The van der Waals surface area contributed by atoms with Gasteiger partial charge < -0.3 is 5.73 Å². The molecule has 2 rings (SSSR count). The summed E-state index contributed by atoms with van der Waals surface area (Å²) in [6, 6.07) is 0. The SMILES string of the molecule is NCC1(c2ncn[nH]2)CCCCC1. The molecule has 0 aliphatic heterocycles. The molecule has 1 fully saturated rings. The lowest BCUT2D eigenvalue weighted by molar-refractivity contribution is 0.286. The molecule has 0 bridgehead atoms. The van der Waals surface area contributed by atoms with Gasteiger partial charge in [0.2, 0.25) is 0 Å². The Morgan fingerprint density at radius 3 is 2.69 bits per heavy atom. The van der Waals surface area contributed by atoms with Gasteiger partial charge in [0.25, 0.3) is 0 Å². The number of hydrogen-bond acceptors (Lipinski definition) is 3. The quantitative estimate of drug-likeness (QED) is 0.712. The Labute approximate surface area is 77.9 Å². The predicted octanol–water partition coefficient (Wildman–Crippen LogP) is 0.965. The number of nitrogens with two attached hydrogens (primary N) is 1. The topological polar surface area (TPSA) is 67.6 Å². The van der Waals surface area contributed by atoms with E-state index in [1.54, 1.807) is 6.33 Å². The highest BCUT2D eigenvalue weighted by atomic mass is 15.2. The smallest absolute Gasteiger partial charge is 0.137 e. The minimum atomic E-state index is 0.0920. The number of H-pyrrole nitrogens is 1. The lowest BCUT2D eigenvalue weighted by atomic mass is 9.73. The van der Waals surface area contributed by atoms with E-state index in [2.05, 4.69) is 15.2 Å². The van der Waals surface area contributed by atoms with Crippen molar-refractivity contribution in [3.63, 3.8) is 0 Å². The van der Waals surface area contributed by atoms with Gasteiger partial charge in [-0.2, -0.15) is 5.10 Å². The standard InChI is InChI=1S/C9H16N4/c10-6-9(4-2-1-3-5-9)8-11-7-12-13-8/h7H,1-6,10H2,(H,11,12,13). The first-order valence-corrected chi connectivity index (χ1v) is 4.93. The summed E-state index contributed by atoms with van der Waals surface area (Å²) in [5, 5.41) is 6.86. The van der Waals surface area contributed by atoms with Crippen molar-refractivity contribution in [1.29, 1.82) is 0 Å². The zero-order chi connectivity index (χ0) is 9.15. The van der Waals surface area contributed by atoms with Crippen LogP contribution in [0.5, 0.6) is 0 Å². The van der Waals surface area contributed by atoms with E-state index in [9.17, 15) is 0 Å². The summed E-state index contributed by atoms with van der Waals surface area (Å²) in [7, 11) is 0. The fourth-order valence-corrected chi connectivity index (χ4v) is 2.23. The summed E-state index contributed by atoms with van der Waals surface area (Å²) in [4.78, 5) is 4.24. The normalized spacial score (nSPS) is 21.6. The highest BCUT2D eigenvalue weighted by molar-refractivity contribution is 5.08. The van der Waals surface area contributed by atoms with E-state index in [0.717, 1.165) is 18.7 Å². The molecule has 0 saturated heterocycles. The van der Waals surface area contributed by atoms with Crippen LogP contribution in [0.3, 0.4) is 0 Å². The fraction of sp³-hybridized carbons (Fsp3) is 0.778. The average molecular weight is 180 g/mol. The largest absolute Gasteiger partial charge is 0.329 e. The number of rotatable bonds is 2. The van der Waals surface area contributed by atoms with Crippen LogP contribution < -0.4 is 5.73 Å². The van der Waals surface area contributed by atoms with Crippen molar-refractivity contribution in [2.75, 3.05) is 6.54 Å². The second-order valence-electron chi connectivity index (χ2n) is 3.88. The van der Waals surface area contributed by atoms with E-state index in [1.165, 1.54) is 19.3 Å². The van der Waals surface area contributed by atoms with Crippen molar-refractivity contribution >= 4 is 0 Å². The molecular formula is C9H16N4. The molecule has 0 amide bonds. The van der Waals surface area contributed by atoms with Crippen LogP contribution in [0.15, 0.2) is 6.33 Å². The number of hydrogen-bond donors (Lipinski definition) is 2. The van der Waals surface area contributed by atoms with E-state index in [4.69, 9.17) is 5.73 Å². The molecule has 1 aromatic rings. The van der Waals surface area contributed by atoms with E-state index in [1.807, 2.05) is 0 Å². The molecule has 0 aromatic carbocycles. The third kappa shape index (κ3) is 1.46. The highest BCUT2D eigenvalue weighted by Gasteiger charge is 2.34. The Morgan fingerprint density at radius 1 is 1.38 bits per heavy atom. The Hall–Kier alpha value is -0.900. The molecule has 1 aliphatic carbocycles. The third-order valence-electron chi connectivity index (χ3n) is 3.12. The second kappa shape index (κ2) is 3.46. The van der Waals surface area contributed by atoms with Gasteiger partial charge in [-0.25, -0.2) is 4.98 Å². The molecule has 0 spiro atoms. The molecule has 72 valence electrons. The average Bonchev–Trinajstić information content (AvgIpc) is 2.72. The van der Waals surface area contributed by atoms with Crippen molar-refractivity contribution in [1.82, 2.24) is 15.2 Å². The molecule has 1 aromatic heterocycles. The summed E-state index contributed by atoms with van der Waals surface area (Å²) < 4.78 is 0. The minimum Gasteiger partial charge on any atom is -0.329 e. The second-order valence-corrected chi connectivity index (χ2v) is 3.88. The van der Waals surface area contributed by atoms with Gasteiger partial charge in [0.1, 0.15) is 12.2 Å². The summed E-state index contributed by atoms with van der Waals surface area (Å²) in [6.45, 7) is 0.683. The zero-order valence-corrected chi connectivity index (χ0v) is 7.79. The maximum absolute atomic E-state index is 5.84.